The van der Waals surface area contributed by atoms with Crippen molar-refractivity contribution in [2.24, 2.45) is 0 Å². The Morgan fingerprint density at radius 2 is 1.84 bits per heavy atom. The number of fused-ring (bicyclic) bond motifs is 1. The second kappa shape index (κ2) is 7.56. The molecule has 0 radical (unpaired) electrons. The highest BCUT2D eigenvalue weighted by atomic mass is 16.2. The molecule has 0 saturated heterocycles. The van der Waals surface area contributed by atoms with E-state index in [0.717, 1.165) is 29.5 Å². The lowest BCUT2D eigenvalue weighted by Gasteiger charge is -2.29. The Balaban J connectivity index is 2.05. The molecule has 1 unspecified atom stereocenters. The van der Waals surface area contributed by atoms with Crippen molar-refractivity contribution in [2.45, 2.75) is 39.2 Å². The van der Waals surface area contributed by atoms with E-state index in [2.05, 4.69) is 55.2 Å². The lowest BCUT2D eigenvalue weighted by atomic mass is 9.95. The molecule has 0 saturated carbocycles. The second-order valence-electron chi connectivity index (χ2n) is 6.71. The molecular formula is C22H26N2O. The minimum absolute atomic E-state index is 0.0823. The monoisotopic (exact) mass is 334 g/mol. The summed E-state index contributed by atoms with van der Waals surface area (Å²) in [5.41, 5.74) is 4.61. The number of para-hydroxylation sites is 1. The van der Waals surface area contributed by atoms with Gasteiger partial charge < -0.3 is 9.88 Å². The van der Waals surface area contributed by atoms with Crippen molar-refractivity contribution < 1.29 is 4.79 Å². The van der Waals surface area contributed by atoms with E-state index in [9.17, 15) is 4.79 Å². The Bertz CT molecular complexity index is 848. The topological polar surface area (TPSA) is 36.1 Å². The maximum atomic E-state index is 12.7. The zero-order chi connectivity index (χ0) is 17.8. The number of hydrogen-bond donors (Lipinski definition) is 1. The van der Waals surface area contributed by atoms with Crippen LogP contribution < -0.4 is 0 Å². The van der Waals surface area contributed by atoms with Gasteiger partial charge in [-0.15, -0.1) is 0 Å². The van der Waals surface area contributed by atoms with Crippen molar-refractivity contribution in [2.75, 3.05) is 7.05 Å². The van der Waals surface area contributed by atoms with E-state index >= 15 is 0 Å². The number of unbranched alkanes of at least 4 members (excludes halogenated alkanes) is 1. The Labute approximate surface area is 149 Å². The van der Waals surface area contributed by atoms with Gasteiger partial charge >= 0.3 is 0 Å². The molecule has 0 fully saturated rings. The Morgan fingerprint density at radius 1 is 1.12 bits per heavy atom. The smallest absolute Gasteiger partial charge is 0.223 e. The van der Waals surface area contributed by atoms with Crippen molar-refractivity contribution in [3.05, 3.63) is 71.4 Å². The number of carbonyl (C=O) groups is 1. The average molecular weight is 334 g/mol. The fraction of sp³-hybridized carbons (Fsp3) is 0.318. The molecule has 0 aliphatic rings. The van der Waals surface area contributed by atoms with E-state index in [1.807, 2.05) is 30.3 Å². The third-order valence-electron chi connectivity index (χ3n) is 4.83. The fourth-order valence-electron chi connectivity index (χ4n) is 3.33. The van der Waals surface area contributed by atoms with Crippen LogP contribution in [0.2, 0.25) is 0 Å². The molecule has 1 heterocycles. The van der Waals surface area contributed by atoms with Crippen LogP contribution in [0.15, 0.2) is 54.7 Å². The maximum absolute atomic E-state index is 12.7. The molecule has 0 aliphatic carbocycles. The number of aromatic amines is 1. The minimum Gasteiger partial charge on any atom is -0.361 e. The first-order valence-electron chi connectivity index (χ1n) is 9.00. The van der Waals surface area contributed by atoms with Crippen molar-refractivity contribution in [1.29, 1.82) is 0 Å². The summed E-state index contributed by atoms with van der Waals surface area (Å²) in [4.78, 5) is 18.0. The van der Waals surface area contributed by atoms with Gasteiger partial charge in [0.05, 0.1) is 6.04 Å². The summed E-state index contributed by atoms with van der Waals surface area (Å²) >= 11 is 0. The molecular weight excluding hydrogens is 308 g/mol. The van der Waals surface area contributed by atoms with Gasteiger partial charge in [0, 0.05) is 36.1 Å². The van der Waals surface area contributed by atoms with Gasteiger partial charge in [-0.3, -0.25) is 4.79 Å². The lowest BCUT2D eigenvalue weighted by molar-refractivity contribution is -0.131. The summed E-state index contributed by atoms with van der Waals surface area (Å²) in [6.07, 6.45) is 4.59. The summed E-state index contributed by atoms with van der Waals surface area (Å²) in [6, 6.07) is 16.7. The zero-order valence-corrected chi connectivity index (χ0v) is 15.3. The van der Waals surface area contributed by atoms with Crippen LogP contribution in [-0.2, 0) is 4.79 Å². The minimum atomic E-state index is -0.0823. The van der Waals surface area contributed by atoms with Gasteiger partial charge in [0.2, 0.25) is 5.91 Å². The van der Waals surface area contributed by atoms with Crippen LogP contribution >= 0.6 is 0 Å². The zero-order valence-electron chi connectivity index (χ0n) is 15.3. The molecule has 3 nitrogen and oxygen atoms in total. The summed E-state index contributed by atoms with van der Waals surface area (Å²) in [7, 11) is 1.92. The predicted octanol–water partition coefficient (Wildman–Crippen LogP) is 5.21. The molecule has 1 aromatic heterocycles. The number of benzene rings is 2. The molecule has 0 aliphatic heterocycles. The predicted molar refractivity (Wildman–Crippen MR) is 104 cm³/mol. The van der Waals surface area contributed by atoms with Crippen molar-refractivity contribution >= 4 is 16.8 Å². The van der Waals surface area contributed by atoms with Gasteiger partial charge in [-0.05, 0) is 25.0 Å². The first-order chi connectivity index (χ1) is 12.1. The normalized spacial score (nSPS) is 12.3. The van der Waals surface area contributed by atoms with Crippen LogP contribution in [0.3, 0.4) is 0 Å². The molecule has 130 valence electrons. The molecule has 2 aromatic carbocycles. The Hall–Kier alpha value is -2.55. The number of H-pyrrole nitrogens is 1. The van der Waals surface area contributed by atoms with Crippen LogP contribution in [-0.4, -0.2) is 22.8 Å². The average Bonchev–Trinajstić information content (AvgIpc) is 3.05. The molecule has 1 amide bonds. The summed E-state index contributed by atoms with van der Waals surface area (Å²) < 4.78 is 0. The highest BCUT2D eigenvalue weighted by Crippen LogP contribution is 2.33. The van der Waals surface area contributed by atoms with Crippen molar-refractivity contribution in [3.63, 3.8) is 0 Å². The Kier molecular flexibility index (Phi) is 5.22. The van der Waals surface area contributed by atoms with Crippen molar-refractivity contribution in [1.82, 2.24) is 9.88 Å². The first kappa shape index (κ1) is 17.3. The molecule has 25 heavy (non-hydrogen) atoms. The first-order valence-corrected chi connectivity index (χ1v) is 9.00. The highest BCUT2D eigenvalue weighted by Gasteiger charge is 2.25. The maximum Gasteiger partial charge on any atom is 0.223 e. The van der Waals surface area contributed by atoms with Gasteiger partial charge in [0.1, 0.15) is 0 Å². The molecule has 3 rings (SSSR count). The number of aromatic nitrogens is 1. The van der Waals surface area contributed by atoms with E-state index in [1.165, 1.54) is 10.9 Å². The quantitative estimate of drug-likeness (QED) is 0.659. The van der Waals surface area contributed by atoms with Gasteiger partial charge in [-0.1, -0.05) is 61.4 Å². The number of amides is 1. The van der Waals surface area contributed by atoms with E-state index in [-0.39, 0.29) is 11.9 Å². The summed E-state index contributed by atoms with van der Waals surface area (Å²) in [5, 5.41) is 1.17. The molecule has 3 heteroatoms. The van der Waals surface area contributed by atoms with Gasteiger partial charge in [-0.25, -0.2) is 0 Å². The third kappa shape index (κ3) is 3.60. The standard InChI is InChI=1S/C22H26N2O/c1-4-5-10-21(25)24(3)22(17-13-11-16(2)12-14-17)19-15-23-20-9-7-6-8-18(19)20/h6-9,11-15,22-23H,4-5,10H2,1-3H3. The van der Waals surface area contributed by atoms with E-state index in [0.29, 0.717) is 6.42 Å². The molecule has 1 N–H and O–H groups in total. The molecule has 0 bridgehead atoms. The van der Waals surface area contributed by atoms with E-state index in [4.69, 9.17) is 0 Å². The number of hydrogen-bond acceptors (Lipinski definition) is 1. The number of carbonyl (C=O) groups excluding carboxylic acids is 1. The molecule has 0 spiro atoms. The van der Waals surface area contributed by atoms with Gasteiger partial charge in [-0.2, -0.15) is 0 Å². The number of nitrogens with zero attached hydrogens (tertiary/aromatic N) is 1. The molecule has 3 aromatic rings. The summed E-state index contributed by atoms with van der Waals surface area (Å²) in [5.74, 6) is 0.192. The SMILES string of the molecule is CCCCC(=O)N(C)C(c1ccc(C)cc1)c1c[nH]c2ccccc12. The largest absolute Gasteiger partial charge is 0.361 e. The third-order valence-corrected chi connectivity index (χ3v) is 4.83. The van der Waals surface area contributed by atoms with E-state index < -0.39 is 0 Å². The van der Waals surface area contributed by atoms with Crippen LogP contribution in [0, 0.1) is 6.92 Å². The Morgan fingerprint density at radius 3 is 2.56 bits per heavy atom. The number of rotatable bonds is 6. The van der Waals surface area contributed by atoms with Gasteiger partial charge in [0.25, 0.3) is 0 Å². The number of aryl methyl sites for hydroxylation is 1. The highest BCUT2D eigenvalue weighted by molar-refractivity contribution is 5.85. The second-order valence-corrected chi connectivity index (χ2v) is 6.71. The van der Waals surface area contributed by atoms with Crippen LogP contribution in [0.4, 0.5) is 0 Å². The summed E-state index contributed by atoms with van der Waals surface area (Å²) in [6.45, 7) is 4.20. The molecule has 1 atom stereocenters. The van der Waals surface area contributed by atoms with Crippen LogP contribution in [0.25, 0.3) is 10.9 Å². The van der Waals surface area contributed by atoms with E-state index in [1.54, 1.807) is 0 Å². The number of nitrogens with one attached hydrogen (secondary N) is 1. The lowest BCUT2D eigenvalue weighted by Crippen LogP contribution is -2.31. The van der Waals surface area contributed by atoms with Crippen LogP contribution in [0.1, 0.15) is 48.9 Å². The van der Waals surface area contributed by atoms with Gasteiger partial charge in [0.15, 0.2) is 0 Å². The van der Waals surface area contributed by atoms with Crippen molar-refractivity contribution in [3.8, 4) is 0 Å². The fourth-order valence-corrected chi connectivity index (χ4v) is 3.33. The van der Waals surface area contributed by atoms with Crippen LogP contribution in [0.5, 0.6) is 0 Å².